The first-order valence-corrected chi connectivity index (χ1v) is 11.7. The zero-order valence-corrected chi connectivity index (χ0v) is 19.4. The average molecular weight is 460 g/mol. The zero-order chi connectivity index (χ0) is 23.2. The Morgan fingerprint density at radius 3 is 2.55 bits per heavy atom. The summed E-state index contributed by atoms with van der Waals surface area (Å²) < 4.78 is 6.86. The fourth-order valence-corrected chi connectivity index (χ4v) is 4.25. The van der Waals surface area contributed by atoms with Crippen molar-refractivity contribution in [3.63, 3.8) is 0 Å². The number of benzene rings is 2. The Balaban J connectivity index is 1.58. The van der Waals surface area contributed by atoms with Crippen LogP contribution in [0.15, 0.2) is 72.1 Å². The Morgan fingerprint density at radius 2 is 1.85 bits per heavy atom. The SMILES string of the molecule is CCOC(=O)c1cc(-c2ccccc2C)n(-c2ccc(C(=O)NCCc3cccs3)cc2)n1. The molecular formula is C26H25N3O3S. The number of rotatable bonds is 8. The number of amides is 1. The summed E-state index contributed by atoms with van der Waals surface area (Å²) in [6, 6.07) is 20.9. The zero-order valence-electron chi connectivity index (χ0n) is 18.6. The Hall–Kier alpha value is -3.71. The summed E-state index contributed by atoms with van der Waals surface area (Å²) in [5.41, 5.74) is 4.38. The molecule has 4 rings (SSSR count). The Labute approximate surface area is 196 Å². The fraction of sp³-hybridized carbons (Fsp3) is 0.192. The highest BCUT2D eigenvalue weighted by molar-refractivity contribution is 7.09. The van der Waals surface area contributed by atoms with Crippen molar-refractivity contribution in [3.05, 3.63) is 93.8 Å². The van der Waals surface area contributed by atoms with Crippen molar-refractivity contribution in [2.75, 3.05) is 13.2 Å². The first-order valence-electron chi connectivity index (χ1n) is 10.8. The molecule has 0 saturated heterocycles. The van der Waals surface area contributed by atoms with Gasteiger partial charge in [0.05, 0.1) is 18.0 Å². The van der Waals surface area contributed by atoms with Gasteiger partial charge in [-0.1, -0.05) is 30.3 Å². The lowest BCUT2D eigenvalue weighted by molar-refractivity contribution is 0.0519. The summed E-state index contributed by atoms with van der Waals surface area (Å²) in [4.78, 5) is 26.1. The molecule has 0 unspecified atom stereocenters. The highest BCUT2D eigenvalue weighted by Gasteiger charge is 2.19. The van der Waals surface area contributed by atoms with E-state index in [4.69, 9.17) is 4.74 Å². The van der Waals surface area contributed by atoms with Gasteiger partial charge in [0.15, 0.2) is 5.69 Å². The lowest BCUT2D eigenvalue weighted by Crippen LogP contribution is -2.25. The number of hydrogen-bond acceptors (Lipinski definition) is 5. The summed E-state index contributed by atoms with van der Waals surface area (Å²) in [7, 11) is 0. The van der Waals surface area contributed by atoms with Crippen molar-refractivity contribution in [1.29, 1.82) is 0 Å². The van der Waals surface area contributed by atoms with Crippen LogP contribution in [0.5, 0.6) is 0 Å². The van der Waals surface area contributed by atoms with Gasteiger partial charge in [-0.15, -0.1) is 11.3 Å². The maximum Gasteiger partial charge on any atom is 0.358 e. The van der Waals surface area contributed by atoms with E-state index in [0.717, 1.165) is 28.9 Å². The van der Waals surface area contributed by atoms with E-state index in [-0.39, 0.29) is 18.2 Å². The normalized spacial score (nSPS) is 10.7. The van der Waals surface area contributed by atoms with E-state index in [1.54, 1.807) is 41.1 Å². The molecule has 2 heterocycles. The number of hydrogen-bond donors (Lipinski definition) is 1. The highest BCUT2D eigenvalue weighted by atomic mass is 32.1. The molecule has 0 saturated carbocycles. The molecule has 0 fully saturated rings. The minimum Gasteiger partial charge on any atom is -0.461 e. The third-order valence-corrected chi connectivity index (χ3v) is 6.16. The number of esters is 1. The van der Waals surface area contributed by atoms with E-state index < -0.39 is 5.97 Å². The largest absolute Gasteiger partial charge is 0.461 e. The van der Waals surface area contributed by atoms with Gasteiger partial charge >= 0.3 is 5.97 Å². The molecule has 0 aliphatic heterocycles. The predicted octanol–water partition coefficient (Wildman–Crippen LogP) is 5.06. The third-order valence-electron chi connectivity index (χ3n) is 5.23. The van der Waals surface area contributed by atoms with Gasteiger partial charge in [-0.05, 0) is 67.6 Å². The second kappa shape index (κ2) is 10.3. The van der Waals surface area contributed by atoms with Crippen LogP contribution in [0.1, 0.15) is 38.2 Å². The van der Waals surface area contributed by atoms with Gasteiger partial charge < -0.3 is 10.1 Å². The second-order valence-electron chi connectivity index (χ2n) is 7.49. The van der Waals surface area contributed by atoms with E-state index in [1.165, 1.54) is 4.88 Å². The maximum absolute atomic E-state index is 12.5. The van der Waals surface area contributed by atoms with Gasteiger partial charge in [0.2, 0.25) is 0 Å². The molecule has 168 valence electrons. The van der Waals surface area contributed by atoms with E-state index in [0.29, 0.717) is 12.1 Å². The molecule has 1 amide bonds. The van der Waals surface area contributed by atoms with Crippen molar-refractivity contribution < 1.29 is 14.3 Å². The topological polar surface area (TPSA) is 73.2 Å². The van der Waals surface area contributed by atoms with Crippen LogP contribution in [-0.2, 0) is 11.2 Å². The molecule has 0 aliphatic rings. The molecule has 7 heteroatoms. The van der Waals surface area contributed by atoms with Crippen molar-refractivity contribution in [2.45, 2.75) is 20.3 Å². The van der Waals surface area contributed by atoms with Crippen LogP contribution < -0.4 is 5.32 Å². The molecule has 0 atom stereocenters. The lowest BCUT2D eigenvalue weighted by atomic mass is 10.1. The number of ether oxygens (including phenoxy) is 1. The van der Waals surface area contributed by atoms with Crippen LogP contribution in [0.2, 0.25) is 0 Å². The third kappa shape index (κ3) is 5.21. The van der Waals surface area contributed by atoms with E-state index >= 15 is 0 Å². The van der Waals surface area contributed by atoms with Crippen LogP contribution in [0.4, 0.5) is 0 Å². The van der Waals surface area contributed by atoms with Gasteiger partial charge in [0, 0.05) is 22.5 Å². The molecular weight excluding hydrogens is 434 g/mol. The molecule has 2 aromatic heterocycles. The van der Waals surface area contributed by atoms with Crippen molar-refractivity contribution in [2.24, 2.45) is 0 Å². The van der Waals surface area contributed by atoms with Gasteiger partial charge in [0.1, 0.15) is 0 Å². The summed E-state index contributed by atoms with van der Waals surface area (Å²) in [5.74, 6) is -0.585. The predicted molar refractivity (Wildman–Crippen MR) is 130 cm³/mol. The smallest absolute Gasteiger partial charge is 0.358 e. The monoisotopic (exact) mass is 459 g/mol. The molecule has 0 bridgehead atoms. The van der Waals surface area contributed by atoms with Gasteiger partial charge in [-0.3, -0.25) is 4.79 Å². The minimum atomic E-state index is -0.465. The Morgan fingerprint density at radius 1 is 1.06 bits per heavy atom. The molecule has 4 aromatic rings. The van der Waals surface area contributed by atoms with Crippen LogP contribution in [0.3, 0.4) is 0 Å². The molecule has 0 radical (unpaired) electrons. The minimum absolute atomic E-state index is 0.120. The number of aryl methyl sites for hydroxylation is 1. The van der Waals surface area contributed by atoms with Crippen molar-refractivity contribution >= 4 is 23.2 Å². The molecule has 6 nitrogen and oxygen atoms in total. The van der Waals surface area contributed by atoms with Crippen LogP contribution in [0, 0.1) is 6.92 Å². The Kier molecular flexibility index (Phi) is 7.00. The number of thiophene rings is 1. The molecule has 2 aromatic carbocycles. The van der Waals surface area contributed by atoms with Gasteiger partial charge in [-0.2, -0.15) is 5.10 Å². The molecule has 0 spiro atoms. The highest BCUT2D eigenvalue weighted by Crippen LogP contribution is 2.27. The summed E-state index contributed by atoms with van der Waals surface area (Å²) in [6.45, 7) is 4.64. The molecule has 0 aliphatic carbocycles. The Bertz CT molecular complexity index is 1240. The van der Waals surface area contributed by atoms with Crippen LogP contribution in [-0.4, -0.2) is 34.8 Å². The summed E-state index contributed by atoms with van der Waals surface area (Å²) in [5, 5.41) is 9.50. The van der Waals surface area contributed by atoms with Crippen LogP contribution >= 0.6 is 11.3 Å². The number of nitrogens with zero attached hydrogens (tertiary/aromatic N) is 2. The number of carbonyl (C=O) groups excluding carboxylic acids is 2. The molecule has 1 N–H and O–H groups in total. The van der Waals surface area contributed by atoms with Gasteiger partial charge in [0.25, 0.3) is 5.91 Å². The van der Waals surface area contributed by atoms with Crippen LogP contribution in [0.25, 0.3) is 16.9 Å². The van der Waals surface area contributed by atoms with E-state index in [1.807, 2.05) is 54.8 Å². The first kappa shape index (κ1) is 22.5. The van der Waals surface area contributed by atoms with Gasteiger partial charge in [-0.25, -0.2) is 9.48 Å². The number of nitrogens with one attached hydrogen (secondary N) is 1. The number of aromatic nitrogens is 2. The van der Waals surface area contributed by atoms with Crippen molar-refractivity contribution in [3.8, 4) is 16.9 Å². The fourth-order valence-electron chi connectivity index (χ4n) is 3.54. The van der Waals surface area contributed by atoms with Crippen molar-refractivity contribution in [1.82, 2.24) is 15.1 Å². The summed E-state index contributed by atoms with van der Waals surface area (Å²) >= 11 is 1.68. The molecule has 33 heavy (non-hydrogen) atoms. The average Bonchev–Trinajstić information content (AvgIpc) is 3.50. The van der Waals surface area contributed by atoms with E-state index in [9.17, 15) is 9.59 Å². The maximum atomic E-state index is 12.5. The van der Waals surface area contributed by atoms with E-state index in [2.05, 4.69) is 16.5 Å². The lowest BCUT2D eigenvalue weighted by Gasteiger charge is -2.11. The number of carbonyl (C=O) groups is 2. The first-order chi connectivity index (χ1) is 16.1. The summed E-state index contributed by atoms with van der Waals surface area (Å²) in [6.07, 6.45) is 0.811. The second-order valence-corrected chi connectivity index (χ2v) is 8.53. The standard InChI is InChI=1S/C26H25N3O3S/c1-3-32-26(31)23-17-24(22-9-5-4-7-18(22)2)29(28-23)20-12-10-19(11-13-20)25(30)27-15-14-21-8-6-16-33-21/h4-13,16-17H,3,14-15H2,1-2H3,(H,27,30). The quantitative estimate of drug-likeness (QED) is 0.374.